The molecule has 108 valence electrons. The van der Waals surface area contributed by atoms with Gasteiger partial charge in [-0.3, -0.25) is 4.79 Å². The van der Waals surface area contributed by atoms with Gasteiger partial charge < -0.3 is 20.2 Å². The fraction of sp³-hybridized carbons (Fsp3) is 0.462. The molecule has 7 heteroatoms. The molecule has 0 unspecified atom stereocenters. The summed E-state index contributed by atoms with van der Waals surface area (Å²) in [6, 6.07) is 1.70. The second-order valence-corrected chi connectivity index (χ2v) is 4.72. The first-order chi connectivity index (χ1) is 9.61. The van der Waals surface area contributed by atoms with E-state index in [0.717, 1.165) is 18.8 Å². The number of nitrogens with one attached hydrogen (secondary N) is 1. The Bertz CT molecular complexity index is 585. The number of anilines is 1. The number of nitrogens with zero attached hydrogens (tertiary/aromatic N) is 4. The third-order valence-corrected chi connectivity index (χ3v) is 3.05. The smallest absolute Gasteiger partial charge is 0.267 e. The molecule has 1 amide bonds. The molecule has 0 saturated heterocycles. The lowest BCUT2D eigenvalue weighted by atomic mass is 10.3. The molecule has 0 aliphatic rings. The van der Waals surface area contributed by atoms with Crippen LogP contribution in [0.2, 0.25) is 0 Å². The molecule has 0 aliphatic carbocycles. The summed E-state index contributed by atoms with van der Waals surface area (Å²) in [5.74, 6) is 0.728. The van der Waals surface area contributed by atoms with E-state index >= 15 is 0 Å². The second-order valence-electron chi connectivity index (χ2n) is 4.72. The highest BCUT2D eigenvalue weighted by Crippen LogP contribution is 2.11. The molecule has 0 radical (unpaired) electrons. The zero-order valence-electron chi connectivity index (χ0n) is 11.8. The van der Waals surface area contributed by atoms with E-state index in [-0.39, 0.29) is 5.91 Å². The van der Waals surface area contributed by atoms with E-state index in [9.17, 15) is 4.79 Å². The van der Waals surface area contributed by atoms with Crippen LogP contribution in [0.3, 0.4) is 0 Å². The monoisotopic (exact) mass is 276 g/mol. The summed E-state index contributed by atoms with van der Waals surface area (Å²) >= 11 is 0. The predicted molar refractivity (Wildman–Crippen MR) is 76.2 cm³/mol. The third kappa shape index (κ3) is 3.17. The minimum absolute atomic E-state index is 0.114. The molecule has 2 aromatic rings. The minimum Gasteiger partial charge on any atom is -0.397 e. The van der Waals surface area contributed by atoms with E-state index in [0.29, 0.717) is 24.3 Å². The highest BCUT2D eigenvalue weighted by molar-refractivity contribution is 5.93. The van der Waals surface area contributed by atoms with Crippen LogP contribution in [0, 0.1) is 0 Å². The molecule has 0 aliphatic heterocycles. The first kappa shape index (κ1) is 14.1. The van der Waals surface area contributed by atoms with Crippen molar-refractivity contribution in [3.05, 3.63) is 30.1 Å². The molecule has 0 spiro atoms. The maximum Gasteiger partial charge on any atom is 0.267 e. The molecule has 20 heavy (non-hydrogen) atoms. The van der Waals surface area contributed by atoms with Crippen LogP contribution < -0.4 is 11.1 Å². The van der Waals surface area contributed by atoms with Crippen LogP contribution in [0.15, 0.2) is 18.6 Å². The van der Waals surface area contributed by atoms with E-state index in [4.69, 9.17) is 5.73 Å². The number of amides is 1. The minimum atomic E-state index is -0.114. The summed E-state index contributed by atoms with van der Waals surface area (Å²) in [7, 11) is 1.88. The summed E-state index contributed by atoms with van der Waals surface area (Å²) in [5, 5.41) is 10.7. The van der Waals surface area contributed by atoms with Gasteiger partial charge in [0.15, 0.2) is 0 Å². The lowest BCUT2D eigenvalue weighted by molar-refractivity contribution is 0.0944. The topological polar surface area (TPSA) is 90.8 Å². The van der Waals surface area contributed by atoms with Gasteiger partial charge in [-0.05, 0) is 12.5 Å². The van der Waals surface area contributed by atoms with Crippen molar-refractivity contribution in [3.63, 3.8) is 0 Å². The Balaban J connectivity index is 1.93. The van der Waals surface area contributed by atoms with Gasteiger partial charge in [-0.25, -0.2) is 0 Å². The average molecular weight is 276 g/mol. The number of rotatable bonds is 6. The quantitative estimate of drug-likeness (QED) is 0.807. The van der Waals surface area contributed by atoms with Gasteiger partial charge in [0.25, 0.3) is 5.91 Å². The predicted octanol–water partition coefficient (Wildman–Crippen LogP) is 0.581. The van der Waals surface area contributed by atoms with E-state index in [2.05, 4.69) is 22.4 Å². The summed E-state index contributed by atoms with van der Waals surface area (Å²) in [6.07, 6.45) is 5.03. The molecule has 0 fully saturated rings. The molecule has 0 saturated carbocycles. The summed E-state index contributed by atoms with van der Waals surface area (Å²) < 4.78 is 3.72. The highest BCUT2D eigenvalue weighted by Gasteiger charge is 2.12. The van der Waals surface area contributed by atoms with Crippen molar-refractivity contribution in [3.8, 4) is 0 Å². The molecule has 3 N–H and O–H groups in total. The van der Waals surface area contributed by atoms with E-state index in [1.54, 1.807) is 18.6 Å². The van der Waals surface area contributed by atoms with Gasteiger partial charge in [0.2, 0.25) is 0 Å². The normalized spacial score (nSPS) is 10.7. The van der Waals surface area contributed by atoms with Crippen molar-refractivity contribution in [2.75, 3.05) is 12.3 Å². The van der Waals surface area contributed by atoms with Gasteiger partial charge in [0, 0.05) is 32.8 Å². The van der Waals surface area contributed by atoms with Crippen molar-refractivity contribution < 1.29 is 4.79 Å². The highest BCUT2D eigenvalue weighted by atomic mass is 16.1. The average Bonchev–Trinajstić information content (AvgIpc) is 2.97. The number of aromatic nitrogens is 4. The first-order valence-corrected chi connectivity index (χ1v) is 6.68. The van der Waals surface area contributed by atoms with Gasteiger partial charge in [-0.2, -0.15) is 0 Å². The van der Waals surface area contributed by atoms with Gasteiger partial charge in [-0.1, -0.05) is 6.92 Å². The zero-order valence-corrected chi connectivity index (χ0v) is 11.8. The van der Waals surface area contributed by atoms with Crippen LogP contribution in [0.1, 0.15) is 29.7 Å². The molecule has 0 atom stereocenters. The summed E-state index contributed by atoms with van der Waals surface area (Å²) in [5.41, 5.74) is 6.96. The maximum atomic E-state index is 12.1. The summed E-state index contributed by atoms with van der Waals surface area (Å²) in [6.45, 7) is 3.36. The zero-order chi connectivity index (χ0) is 14.5. The SMILES string of the molecule is CCCn1cc(N)cc1C(=O)NCCc1nncn1C. The molecular weight excluding hydrogens is 256 g/mol. The molecule has 2 heterocycles. The van der Waals surface area contributed by atoms with Crippen LogP contribution in [0.25, 0.3) is 0 Å². The van der Waals surface area contributed by atoms with E-state index in [1.807, 2.05) is 16.2 Å². The van der Waals surface area contributed by atoms with Crippen LogP contribution in [0.5, 0.6) is 0 Å². The molecule has 2 rings (SSSR count). The van der Waals surface area contributed by atoms with Crippen LogP contribution in [-0.4, -0.2) is 31.8 Å². The van der Waals surface area contributed by atoms with Crippen molar-refractivity contribution in [2.45, 2.75) is 26.3 Å². The van der Waals surface area contributed by atoms with Crippen molar-refractivity contribution in [1.29, 1.82) is 0 Å². The number of carbonyl (C=O) groups excluding carboxylic acids is 1. The lowest BCUT2D eigenvalue weighted by Crippen LogP contribution is -2.28. The van der Waals surface area contributed by atoms with Crippen LogP contribution in [-0.2, 0) is 20.0 Å². The Morgan fingerprint density at radius 2 is 2.30 bits per heavy atom. The van der Waals surface area contributed by atoms with Crippen molar-refractivity contribution in [1.82, 2.24) is 24.6 Å². The Kier molecular flexibility index (Phi) is 4.39. The number of hydrogen-bond acceptors (Lipinski definition) is 4. The standard InChI is InChI=1S/C13H20N6O/c1-3-6-19-8-10(14)7-11(19)13(20)15-5-4-12-17-16-9-18(12)2/h7-9H,3-6,14H2,1-2H3,(H,15,20). The Labute approximate surface area is 117 Å². The molecule has 0 aromatic carbocycles. The van der Waals surface area contributed by atoms with Crippen molar-refractivity contribution in [2.24, 2.45) is 7.05 Å². The van der Waals surface area contributed by atoms with Crippen molar-refractivity contribution >= 4 is 11.6 Å². The van der Waals surface area contributed by atoms with Crippen LogP contribution >= 0.6 is 0 Å². The maximum absolute atomic E-state index is 12.1. The first-order valence-electron chi connectivity index (χ1n) is 6.68. The van der Waals surface area contributed by atoms with Gasteiger partial charge in [0.1, 0.15) is 17.8 Å². The molecular formula is C13H20N6O. The number of carbonyl (C=O) groups is 1. The lowest BCUT2D eigenvalue weighted by Gasteiger charge is -2.08. The molecule has 2 aromatic heterocycles. The van der Waals surface area contributed by atoms with Gasteiger partial charge in [-0.15, -0.1) is 10.2 Å². The number of aryl methyl sites for hydroxylation is 2. The second kappa shape index (κ2) is 6.23. The van der Waals surface area contributed by atoms with Gasteiger partial charge in [0.05, 0.1) is 5.69 Å². The Hall–Kier alpha value is -2.31. The number of nitrogens with two attached hydrogens (primary N) is 1. The number of hydrogen-bond donors (Lipinski definition) is 2. The Morgan fingerprint density at radius 1 is 1.50 bits per heavy atom. The molecule has 7 nitrogen and oxygen atoms in total. The third-order valence-electron chi connectivity index (χ3n) is 3.05. The van der Waals surface area contributed by atoms with E-state index < -0.39 is 0 Å². The summed E-state index contributed by atoms with van der Waals surface area (Å²) in [4.78, 5) is 12.1. The van der Waals surface area contributed by atoms with Crippen LogP contribution in [0.4, 0.5) is 5.69 Å². The fourth-order valence-electron chi connectivity index (χ4n) is 2.06. The fourth-order valence-corrected chi connectivity index (χ4v) is 2.06. The van der Waals surface area contributed by atoms with E-state index in [1.165, 1.54) is 0 Å². The molecule has 0 bridgehead atoms. The largest absolute Gasteiger partial charge is 0.397 e. The number of nitrogen functional groups attached to an aromatic ring is 1. The Morgan fingerprint density at radius 3 is 2.95 bits per heavy atom. The van der Waals surface area contributed by atoms with Gasteiger partial charge >= 0.3 is 0 Å².